The molecular weight excluding hydrogens is 550 g/mol. The van der Waals surface area contributed by atoms with E-state index in [4.69, 9.17) is 9.57 Å². The van der Waals surface area contributed by atoms with Crippen LogP contribution in [0.3, 0.4) is 0 Å². The molecule has 5 rings (SSSR count). The van der Waals surface area contributed by atoms with E-state index in [-0.39, 0.29) is 6.42 Å². The SMILES string of the molecule is CCn1cc(C[C@H](NC(=O)OC(C)(C)C)C(=O)NOC(c2ccccc2)(c2ccccc2)c2ccccc2)c2ccccc21. The number of carbonyl (C=O) groups excluding carboxylic acids is 2. The van der Waals surface area contributed by atoms with Crippen LogP contribution in [0.5, 0.6) is 0 Å². The van der Waals surface area contributed by atoms with Crippen molar-refractivity contribution in [1.82, 2.24) is 15.4 Å². The van der Waals surface area contributed by atoms with E-state index in [1.165, 1.54) is 0 Å². The average molecular weight is 590 g/mol. The summed E-state index contributed by atoms with van der Waals surface area (Å²) in [6.45, 7) is 8.20. The standard InChI is InChI=1S/C37H39N3O4/c1-5-40-26-27(31-23-15-16-24-33(31)40)25-32(38-35(42)43-36(2,3)4)34(41)39-44-37(28-17-9-6-10-18-28,29-19-11-7-12-20-29)30-21-13-8-14-22-30/h6-24,26,32H,5,25H2,1-4H3,(H,38,42)(H,39,41)/t32-/m0/s1. The number of para-hydroxylation sites is 1. The van der Waals surface area contributed by atoms with Crippen molar-refractivity contribution in [1.29, 1.82) is 0 Å². The molecule has 2 amide bonds. The van der Waals surface area contributed by atoms with Crippen LogP contribution in [0.25, 0.3) is 10.9 Å². The largest absolute Gasteiger partial charge is 0.444 e. The number of hydroxylamine groups is 1. The molecule has 1 atom stereocenters. The number of nitrogens with zero attached hydrogens (tertiary/aromatic N) is 1. The molecule has 0 aliphatic carbocycles. The van der Waals surface area contributed by atoms with Crippen LogP contribution in [0.4, 0.5) is 4.79 Å². The minimum atomic E-state index is -1.17. The summed E-state index contributed by atoms with van der Waals surface area (Å²) in [6.07, 6.45) is 1.58. The fourth-order valence-electron chi connectivity index (χ4n) is 5.52. The van der Waals surface area contributed by atoms with Crippen molar-refractivity contribution in [2.24, 2.45) is 0 Å². The molecule has 0 spiro atoms. The second kappa shape index (κ2) is 13.2. The van der Waals surface area contributed by atoms with Gasteiger partial charge in [0.05, 0.1) is 0 Å². The predicted octanol–water partition coefficient (Wildman–Crippen LogP) is 7.14. The number of fused-ring (bicyclic) bond motifs is 1. The van der Waals surface area contributed by atoms with Crippen LogP contribution in [-0.4, -0.2) is 28.2 Å². The van der Waals surface area contributed by atoms with E-state index in [1.54, 1.807) is 20.8 Å². The van der Waals surface area contributed by atoms with Gasteiger partial charge in [0, 0.05) is 30.1 Å². The lowest BCUT2D eigenvalue weighted by Gasteiger charge is -2.35. The molecule has 0 aliphatic rings. The molecular formula is C37H39N3O4. The molecule has 226 valence electrons. The quantitative estimate of drug-likeness (QED) is 0.134. The summed E-state index contributed by atoms with van der Waals surface area (Å²) in [7, 11) is 0. The zero-order valence-corrected chi connectivity index (χ0v) is 25.6. The second-order valence-electron chi connectivity index (χ2n) is 11.7. The fraction of sp³-hybridized carbons (Fsp3) is 0.243. The predicted molar refractivity (Wildman–Crippen MR) is 173 cm³/mol. The van der Waals surface area contributed by atoms with Crippen molar-refractivity contribution in [3.8, 4) is 0 Å². The van der Waals surface area contributed by atoms with Gasteiger partial charge in [0.25, 0.3) is 5.91 Å². The minimum absolute atomic E-state index is 0.233. The number of nitrogens with one attached hydrogen (secondary N) is 2. The smallest absolute Gasteiger partial charge is 0.408 e. The van der Waals surface area contributed by atoms with Gasteiger partial charge in [-0.15, -0.1) is 0 Å². The Hall–Kier alpha value is -4.88. The Kier molecular flexibility index (Phi) is 9.16. The zero-order valence-electron chi connectivity index (χ0n) is 25.6. The Morgan fingerprint density at radius 3 is 1.75 bits per heavy atom. The third kappa shape index (κ3) is 6.68. The minimum Gasteiger partial charge on any atom is -0.444 e. The van der Waals surface area contributed by atoms with Gasteiger partial charge in [-0.05, 0) is 56.0 Å². The molecule has 1 aromatic heterocycles. The first-order chi connectivity index (χ1) is 21.2. The molecule has 0 radical (unpaired) electrons. The van der Waals surface area contributed by atoms with Crippen molar-refractivity contribution in [2.45, 2.75) is 57.9 Å². The number of carbonyl (C=O) groups is 2. The Morgan fingerprint density at radius 1 is 0.750 bits per heavy atom. The van der Waals surface area contributed by atoms with Gasteiger partial charge in [0.2, 0.25) is 0 Å². The van der Waals surface area contributed by atoms with Gasteiger partial charge in [-0.2, -0.15) is 0 Å². The van der Waals surface area contributed by atoms with E-state index in [0.717, 1.165) is 39.7 Å². The maximum atomic E-state index is 14.1. The summed E-state index contributed by atoms with van der Waals surface area (Å²) in [5.41, 5.74) is 5.35. The molecule has 0 aliphatic heterocycles. The number of hydrogen-bond donors (Lipinski definition) is 2. The maximum Gasteiger partial charge on any atom is 0.408 e. The van der Waals surface area contributed by atoms with Crippen LogP contribution in [-0.2, 0) is 32.9 Å². The fourth-order valence-corrected chi connectivity index (χ4v) is 5.52. The zero-order chi connectivity index (χ0) is 31.2. The molecule has 2 N–H and O–H groups in total. The number of rotatable bonds is 10. The number of aromatic nitrogens is 1. The van der Waals surface area contributed by atoms with Gasteiger partial charge in [0.15, 0.2) is 5.60 Å². The topological polar surface area (TPSA) is 81.6 Å². The lowest BCUT2D eigenvalue weighted by atomic mass is 9.80. The summed E-state index contributed by atoms with van der Waals surface area (Å²) in [5, 5.41) is 3.83. The van der Waals surface area contributed by atoms with Crippen molar-refractivity contribution in [3.63, 3.8) is 0 Å². The average Bonchev–Trinajstić information content (AvgIpc) is 3.39. The van der Waals surface area contributed by atoms with Crippen LogP contribution in [0.15, 0.2) is 121 Å². The van der Waals surface area contributed by atoms with E-state index in [0.29, 0.717) is 0 Å². The second-order valence-corrected chi connectivity index (χ2v) is 11.7. The molecule has 7 heteroatoms. The molecule has 0 fully saturated rings. The third-order valence-electron chi connectivity index (χ3n) is 7.49. The number of ether oxygens (including phenoxy) is 1. The molecule has 7 nitrogen and oxygen atoms in total. The lowest BCUT2D eigenvalue weighted by Crippen LogP contribution is -2.51. The van der Waals surface area contributed by atoms with Crippen LogP contribution in [0.2, 0.25) is 0 Å². The molecule has 0 unspecified atom stereocenters. The van der Waals surface area contributed by atoms with E-state index >= 15 is 0 Å². The summed E-state index contributed by atoms with van der Waals surface area (Å²) in [5.74, 6) is -0.503. The van der Waals surface area contributed by atoms with Crippen molar-refractivity contribution in [3.05, 3.63) is 144 Å². The van der Waals surface area contributed by atoms with E-state index in [1.807, 2.05) is 115 Å². The van der Waals surface area contributed by atoms with Crippen LogP contribution < -0.4 is 10.8 Å². The van der Waals surface area contributed by atoms with Crippen LogP contribution >= 0.6 is 0 Å². The molecule has 44 heavy (non-hydrogen) atoms. The number of hydrogen-bond acceptors (Lipinski definition) is 4. The summed E-state index contributed by atoms with van der Waals surface area (Å²) < 4.78 is 7.68. The molecule has 0 saturated carbocycles. The van der Waals surface area contributed by atoms with Gasteiger partial charge in [-0.3, -0.25) is 9.63 Å². The molecule has 0 saturated heterocycles. The highest BCUT2D eigenvalue weighted by Crippen LogP contribution is 2.39. The molecule has 4 aromatic carbocycles. The monoisotopic (exact) mass is 589 g/mol. The summed E-state index contributed by atoms with van der Waals surface area (Å²) >= 11 is 0. The number of benzene rings is 4. The Bertz CT molecular complexity index is 1600. The number of amides is 2. The Morgan fingerprint density at radius 2 is 1.25 bits per heavy atom. The number of aryl methyl sites for hydroxylation is 1. The first kappa shape index (κ1) is 30.6. The van der Waals surface area contributed by atoms with Crippen molar-refractivity contribution in [2.75, 3.05) is 0 Å². The molecule has 0 bridgehead atoms. The highest BCUT2D eigenvalue weighted by molar-refractivity contribution is 5.88. The highest BCUT2D eigenvalue weighted by Gasteiger charge is 2.40. The normalized spacial score (nSPS) is 12.5. The molecule has 1 heterocycles. The van der Waals surface area contributed by atoms with Crippen LogP contribution in [0, 0.1) is 0 Å². The van der Waals surface area contributed by atoms with Gasteiger partial charge in [-0.25, -0.2) is 10.3 Å². The Balaban J connectivity index is 1.52. The van der Waals surface area contributed by atoms with Gasteiger partial charge in [-0.1, -0.05) is 109 Å². The summed E-state index contributed by atoms with van der Waals surface area (Å²) in [4.78, 5) is 33.7. The van der Waals surface area contributed by atoms with Gasteiger partial charge >= 0.3 is 6.09 Å². The summed E-state index contributed by atoms with van der Waals surface area (Å²) in [6, 6.07) is 36.4. The Labute approximate surface area is 258 Å². The van der Waals surface area contributed by atoms with Gasteiger partial charge < -0.3 is 14.6 Å². The van der Waals surface area contributed by atoms with Gasteiger partial charge in [0.1, 0.15) is 11.6 Å². The maximum absolute atomic E-state index is 14.1. The third-order valence-corrected chi connectivity index (χ3v) is 7.49. The highest BCUT2D eigenvalue weighted by atomic mass is 16.7. The number of alkyl carbamates (subject to hydrolysis) is 1. The first-order valence-electron chi connectivity index (χ1n) is 14.9. The van der Waals surface area contributed by atoms with E-state index in [9.17, 15) is 9.59 Å². The van der Waals surface area contributed by atoms with Crippen molar-refractivity contribution >= 4 is 22.9 Å². The lowest BCUT2D eigenvalue weighted by molar-refractivity contribution is -0.145. The first-order valence-corrected chi connectivity index (χ1v) is 14.9. The van der Waals surface area contributed by atoms with E-state index in [2.05, 4.69) is 28.4 Å². The molecule has 5 aromatic rings. The van der Waals surface area contributed by atoms with Crippen molar-refractivity contribution < 1.29 is 19.2 Å². The van der Waals surface area contributed by atoms with E-state index < -0.39 is 29.2 Å². The van der Waals surface area contributed by atoms with Crippen LogP contribution in [0.1, 0.15) is 49.9 Å².